The second-order valence-corrected chi connectivity index (χ2v) is 10.4. The maximum Gasteiger partial charge on any atom is 0.331 e. The number of carbonyl (C=O) groups excluding carboxylic acids is 4. The predicted octanol–water partition coefficient (Wildman–Crippen LogP) is 4.81. The van der Waals surface area contributed by atoms with E-state index in [2.05, 4.69) is 33.2 Å². The first kappa shape index (κ1) is 27.6. The normalized spacial score (nSPS) is 17.4. The van der Waals surface area contributed by atoms with E-state index in [0.717, 1.165) is 37.7 Å². The average Bonchev–Trinajstić information content (AvgIpc) is 2.88. The molecule has 0 bridgehead atoms. The van der Waals surface area contributed by atoms with Crippen LogP contribution in [-0.4, -0.2) is 47.9 Å². The lowest BCUT2D eigenvalue weighted by Crippen LogP contribution is -2.58. The smallest absolute Gasteiger partial charge is 0.331 e. The quantitative estimate of drug-likeness (QED) is 0.246. The van der Waals surface area contributed by atoms with Crippen LogP contribution >= 0.6 is 22.6 Å². The molecule has 0 spiro atoms. The molecule has 2 aromatic carbocycles. The number of anilines is 1. The summed E-state index contributed by atoms with van der Waals surface area (Å²) in [6, 6.07) is 9.93. The molecule has 2 aliphatic rings. The lowest BCUT2D eigenvalue weighted by atomic mass is 9.93. The average molecular weight is 631 g/mol. The fourth-order valence-electron chi connectivity index (χ4n) is 4.55. The Morgan fingerprint density at radius 3 is 2.50 bits per heavy atom. The summed E-state index contributed by atoms with van der Waals surface area (Å²) in [5, 5.41) is 5.10. The van der Waals surface area contributed by atoms with Crippen molar-refractivity contribution < 1.29 is 28.7 Å². The Morgan fingerprint density at radius 1 is 1.11 bits per heavy atom. The summed E-state index contributed by atoms with van der Waals surface area (Å²) in [4.78, 5) is 51.9. The fraction of sp³-hybridized carbons (Fsp3) is 0.357. The Kier molecular flexibility index (Phi) is 9.03. The Morgan fingerprint density at radius 2 is 1.82 bits per heavy atom. The van der Waals surface area contributed by atoms with E-state index in [-0.39, 0.29) is 24.1 Å². The zero-order valence-electron chi connectivity index (χ0n) is 21.3. The number of ether oxygens (including phenoxy) is 2. The Bertz CT molecular complexity index is 1270. The van der Waals surface area contributed by atoms with Gasteiger partial charge in [-0.2, -0.15) is 0 Å². The maximum absolute atomic E-state index is 13.2. The lowest BCUT2D eigenvalue weighted by Gasteiger charge is -2.35. The van der Waals surface area contributed by atoms with Crippen LogP contribution < -0.4 is 20.1 Å². The summed E-state index contributed by atoms with van der Waals surface area (Å²) in [5.41, 5.74) is 2.18. The first-order valence-electron chi connectivity index (χ1n) is 12.6. The third-order valence-corrected chi connectivity index (χ3v) is 7.20. The van der Waals surface area contributed by atoms with Crippen molar-refractivity contribution in [3.63, 3.8) is 0 Å². The monoisotopic (exact) mass is 631 g/mol. The van der Waals surface area contributed by atoms with E-state index >= 15 is 0 Å². The van der Waals surface area contributed by atoms with Gasteiger partial charge in [0.2, 0.25) is 0 Å². The fourth-order valence-corrected chi connectivity index (χ4v) is 5.34. The van der Waals surface area contributed by atoms with Crippen LogP contribution in [0.15, 0.2) is 42.0 Å². The Hall–Kier alpha value is -3.41. The van der Waals surface area contributed by atoms with Crippen molar-refractivity contribution in [1.29, 1.82) is 0 Å². The highest BCUT2D eigenvalue weighted by atomic mass is 127. The molecule has 9 nitrogen and oxygen atoms in total. The molecule has 0 aromatic heterocycles. The first-order chi connectivity index (χ1) is 18.3. The van der Waals surface area contributed by atoms with E-state index in [1.165, 1.54) is 11.0 Å². The molecule has 4 rings (SSSR count). The third kappa shape index (κ3) is 6.53. The van der Waals surface area contributed by atoms with Gasteiger partial charge < -0.3 is 14.8 Å². The zero-order chi connectivity index (χ0) is 27.2. The number of amides is 5. The highest BCUT2D eigenvalue weighted by Gasteiger charge is 2.40. The minimum absolute atomic E-state index is 0.112. The number of carbonyl (C=O) groups is 4. The number of aryl methyl sites for hydroxylation is 1. The van der Waals surface area contributed by atoms with Gasteiger partial charge in [-0.05, 0) is 85.2 Å². The van der Waals surface area contributed by atoms with Crippen LogP contribution in [-0.2, 0) is 14.4 Å². The number of rotatable bonds is 8. The molecule has 1 heterocycles. The second-order valence-electron chi connectivity index (χ2n) is 9.25. The largest absolute Gasteiger partial charge is 0.490 e. The number of hydrogen-bond acceptors (Lipinski definition) is 6. The molecule has 10 heteroatoms. The van der Waals surface area contributed by atoms with Crippen LogP contribution in [0.5, 0.6) is 11.5 Å². The molecule has 0 radical (unpaired) electrons. The topological polar surface area (TPSA) is 114 Å². The van der Waals surface area contributed by atoms with Crippen molar-refractivity contribution in [2.45, 2.75) is 52.0 Å². The zero-order valence-corrected chi connectivity index (χ0v) is 23.5. The van der Waals surface area contributed by atoms with Gasteiger partial charge in [-0.15, -0.1) is 0 Å². The van der Waals surface area contributed by atoms with E-state index in [9.17, 15) is 19.2 Å². The minimum atomic E-state index is -0.729. The lowest BCUT2D eigenvalue weighted by molar-refractivity contribution is -0.132. The molecule has 5 amide bonds. The third-order valence-electron chi connectivity index (χ3n) is 6.40. The van der Waals surface area contributed by atoms with Gasteiger partial charge in [-0.1, -0.05) is 37.0 Å². The standard InChI is InChI=1S/C28H30IN3O6/c1-3-37-23-15-18(13-21-26(34)31-28(36)32(27(21)35)20-7-5-4-6-8-20)14-22(29)25(23)38-16-24(33)30-19-11-9-17(2)10-12-19/h9-15,20H,3-8,16H2,1-2H3,(H,30,33)(H,31,34,36). The SMILES string of the molecule is CCOc1cc(C=C2C(=O)NC(=O)N(C3CCCCC3)C2=O)cc(I)c1OCC(=O)Nc1ccc(C)cc1. The summed E-state index contributed by atoms with van der Waals surface area (Å²) in [7, 11) is 0. The van der Waals surface area contributed by atoms with Gasteiger partial charge in [0.15, 0.2) is 18.1 Å². The Labute approximate surface area is 235 Å². The summed E-state index contributed by atoms with van der Waals surface area (Å²) in [5.74, 6) is -0.888. The highest BCUT2D eigenvalue weighted by molar-refractivity contribution is 14.1. The van der Waals surface area contributed by atoms with Crippen LogP contribution in [0.25, 0.3) is 6.08 Å². The Balaban J connectivity index is 1.53. The molecule has 38 heavy (non-hydrogen) atoms. The summed E-state index contributed by atoms with van der Waals surface area (Å²) < 4.78 is 12.2. The molecular weight excluding hydrogens is 601 g/mol. The number of imide groups is 2. The molecule has 1 aliphatic carbocycles. The van der Waals surface area contributed by atoms with Crippen LogP contribution in [0.2, 0.25) is 0 Å². The molecule has 1 saturated heterocycles. The van der Waals surface area contributed by atoms with Gasteiger partial charge in [0, 0.05) is 11.7 Å². The molecule has 2 fully saturated rings. The van der Waals surface area contributed by atoms with Gasteiger partial charge in [0.05, 0.1) is 10.2 Å². The maximum atomic E-state index is 13.2. The first-order valence-corrected chi connectivity index (χ1v) is 13.7. The van der Waals surface area contributed by atoms with Crippen molar-refractivity contribution in [1.82, 2.24) is 10.2 Å². The summed E-state index contributed by atoms with van der Waals surface area (Å²) >= 11 is 2.06. The summed E-state index contributed by atoms with van der Waals surface area (Å²) in [6.45, 7) is 3.89. The van der Waals surface area contributed by atoms with Gasteiger partial charge in [0.1, 0.15) is 5.57 Å². The van der Waals surface area contributed by atoms with E-state index < -0.39 is 17.8 Å². The molecular formula is C28H30IN3O6. The van der Waals surface area contributed by atoms with E-state index in [1.54, 1.807) is 12.1 Å². The summed E-state index contributed by atoms with van der Waals surface area (Å²) in [6.07, 6.45) is 5.87. The number of barbiturate groups is 1. The van der Waals surface area contributed by atoms with Crippen molar-refractivity contribution in [2.24, 2.45) is 0 Å². The molecule has 0 unspecified atom stereocenters. The molecule has 2 N–H and O–H groups in total. The van der Waals surface area contributed by atoms with Crippen LogP contribution in [0, 0.1) is 10.5 Å². The number of hydrogen-bond donors (Lipinski definition) is 2. The second kappa shape index (κ2) is 12.4. The molecule has 200 valence electrons. The highest BCUT2D eigenvalue weighted by Crippen LogP contribution is 2.35. The minimum Gasteiger partial charge on any atom is -0.490 e. The number of nitrogens with one attached hydrogen (secondary N) is 2. The van der Waals surface area contributed by atoms with Crippen LogP contribution in [0.4, 0.5) is 10.5 Å². The van der Waals surface area contributed by atoms with Gasteiger partial charge in [-0.3, -0.25) is 24.6 Å². The van der Waals surface area contributed by atoms with Crippen molar-refractivity contribution in [2.75, 3.05) is 18.5 Å². The number of urea groups is 1. The molecule has 1 saturated carbocycles. The predicted molar refractivity (Wildman–Crippen MR) is 151 cm³/mol. The van der Waals surface area contributed by atoms with Crippen molar-refractivity contribution in [3.8, 4) is 11.5 Å². The van der Waals surface area contributed by atoms with Gasteiger partial charge >= 0.3 is 6.03 Å². The van der Waals surface area contributed by atoms with Crippen molar-refractivity contribution >= 4 is 58.1 Å². The number of benzene rings is 2. The molecule has 0 atom stereocenters. The van der Waals surface area contributed by atoms with Gasteiger partial charge in [0.25, 0.3) is 17.7 Å². The van der Waals surface area contributed by atoms with Gasteiger partial charge in [-0.25, -0.2) is 4.79 Å². The van der Waals surface area contributed by atoms with Crippen molar-refractivity contribution in [3.05, 3.63) is 56.7 Å². The molecule has 2 aromatic rings. The van der Waals surface area contributed by atoms with Crippen LogP contribution in [0.3, 0.4) is 0 Å². The van der Waals surface area contributed by atoms with Crippen LogP contribution in [0.1, 0.15) is 50.2 Å². The number of halogens is 1. The molecule has 1 aliphatic heterocycles. The van der Waals surface area contributed by atoms with E-state index in [0.29, 0.717) is 32.9 Å². The number of nitrogens with zero attached hydrogens (tertiary/aromatic N) is 1. The van der Waals surface area contributed by atoms with E-state index in [1.807, 2.05) is 38.1 Å². The van der Waals surface area contributed by atoms with E-state index in [4.69, 9.17) is 9.47 Å².